The highest BCUT2D eigenvalue weighted by molar-refractivity contribution is 7.91. The molecule has 0 bridgehead atoms. The molecule has 0 aromatic rings. The number of rotatable bonds is 4. The zero-order valence-corrected chi connectivity index (χ0v) is 11.5. The summed E-state index contributed by atoms with van der Waals surface area (Å²) >= 11 is 10.9. The van der Waals surface area contributed by atoms with Crippen molar-refractivity contribution in [3.05, 3.63) is 0 Å². The van der Waals surface area contributed by atoms with Gasteiger partial charge in [0.2, 0.25) is 0 Å². The van der Waals surface area contributed by atoms with Gasteiger partial charge in [-0.05, 0) is 18.6 Å². The summed E-state index contributed by atoms with van der Waals surface area (Å²) in [6.07, 6.45) is 1.95. The summed E-state index contributed by atoms with van der Waals surface area (Å²) < 4.78 is 27.8. The topological polar surface area (TPSA) is 55.4 Å². The Labute approximate surface area is 107 Å². The largest absolute Gasteiger partial charge is 0.471 e. The standard InChI is InChI=1S/C9H16ClNO3S2/c1-2-3-4-14-9(15)11-8-6-16(12,13)5-7(8)10/h7-8H,2-6H2,1H3,(H,11,15)/t7-,8-/m0/s1. The Kier molecular flexibility index (Phi) is 5.27. The average Bonchev–Trinajstić information content (AvgIpc) is 2.40. The van der Waals surface area contributed by atoms with Crippen molar-refractivity contribution in [1.29, 1.82) is 0 Å². The van der Waals surface area contributed by atoms with E-state index in [9.17, 15) is 8.42 Å². The number of nitrogens with one attached hydrogen (secondary N) is 1. The first-order valence-electron chi connectivity index (χ1n) is 5.22. The van der Waals surface area contributed by atoms with Crippen molar-refractivity contribution in [2.45, 2.75) is 31.2 Å². The number of sulfone groups is 1. The number of thiocarbonyl (C=S) groups is 1. The van der Waals surface area contributed by atoms with Crippen molar-refractivity contribution < 1.29 is 13.2 Å². The third-order valence-electron chi connectivity index (χ3n) is 2.32. The van der Waals surface area contributed by atoms with Crippen LogP contribution < -0.4 is 5.32 Å². The lowest BCUT2D eigenvalue weighted by Gasteiger charge is -2.16. The van der Waals surface area contributed by atoms with Crippen molar-refractivity contribution in [2.24, 2.45) is 0 Å². The quantitative estimate of drug-likeness (QED) is 0.476. The van der Waals surface area contributed by atoms with Gasteiger partial charge >= 0.3 is 0 Å². The minimum absolute atomic E-state index is 0.00377. The molecule has 0 saturated carbocycles. The molecule has 0 aliphatic carbocycles. The van der Waals surface area contributed by atoms with E-state index in [1.165, 1.54) is 0 Å². The summed E-state index contributed by atoms with van der Waals surface area (Å²) in [5, 5.41) is 2.65. The Morgan fingerprint density at radius 3 is 2.75 bits per heavy atom. The smallest absolute Gasteiger partial charge is 0.256 e. The summed E-state index contributed by atoms with van der Waals surface area (Å²) in [6.45, 7) is 2.60. The molecule has 0 amide bonds. The van der Waals surface area contributed by atoms with Crippen LogP contribution in [0.15, 0.2) is 0 Å². The van der Waals surface area contributed by atoms with Gasteiger partial charge < -0.3 is 10.1 Å². The number of unbranched alkanes of at least 4 members (excludes halogenated alkanes) is 1. The second-order valence-corrected chi connectivity index (χ2v) is 6.92. The Hall–Kier alpha value is -0.0700. The third kappa shape index (κ3) is 4.43. The minimum atomic E-state index is -3.03. The molecular formula is C9H16ClNO3S2. The number of alkyl halides is 1. The van der Waals surface area contributed by atoms with Crippen molar-refractivity contribution >= 4 is 38.8 Å². The molecule has 2 atom stereocenters. The zero-order valence-electron chi connectivity index (χ0n) is 9.11. The number of hydrogen-bond acceptors (Lipinski definition) is 4. The van der Waals surface area contributed by atoms with Gasteiger partial charge in [0, 0.05) is 0 Å². The molecule has 1 saturated heterocycles. The van der Waals surface area contributed by atoms with Crippen LogP contribution >= 0.6 is 23.8 Å². The van der Waals surface area contributed by atoms with Gasteiger partial charge in [0.25, 0.3) is 5.17 Å². The molecule has 1 heterocycles. The van der Waals surface area contributed by atoms with Gasteiger partial charge in [0.15, 0.2) is 9.84 Å². The molecule has 94 valence electrons. The molecule has 1 aliphatic heterocycles. The molecule has 1 aliphatic rings. The van der Waals surface area contributed by atoms with Gasteiger partial charge in [-0.15, -0.1) is 11.6 Å². The van der Waals surface area contributed by atoms with E-state index in [4.69, 9.17) is 28.6 Å². The van der Waals surface area contributed by atoms with Crippen LogP contribution in [0.1, 0.15) is 19.8 Å². The van der Waals surface area contributed by atoms with E-state index >= 15 is 0 Å². The number of hydrogen-bond donors (Lipinski definition) is 1. The highest BCUT2D eigenvalue weighted by Crippen LogP contribution is 2.18. The molecule has 1 rings (SSSR count). The first-order valence-corrected chi connectivity index (χ1v) is 7.89. The van der Waals surface area contributed by atoms with E-state index in [2.05, 4.69) is 12.2 Å². The fraction of sp³-hybridized carbons (Fsp3) is 0.889. The summed E-state index contributed by atoms with van der Waals surface area (Å²) in [5.74, 6) is 0.0300. The minimum Gasteiger partial charge on any atom is -0.471 e. The molecule has 1 fully saturated rings. The summed E-state index contributed by atoms with van der Waals surface area (Å²) in [6, 6.07) is -0.333. The molecule has 0 unspecified atom stereocenters. The van der Waals surface area contributed by atoms with Gasteiger partial charge in [-0.1, -0.05) is 13.3 Å². The van der Waals surface area contributed by atoms with Gasteiger partial charge in [0.1, 0.15) is 0 Å². The Balaban J connectivity index is 2.35. The van der Waals surface area contributed by atoms with E-state index in [-0.39, 0.29) is 22.7 Å². The van der Waals surface area contributed by atoms with E-state index < -0.39 is 15.2 Å². The predicted molar refractivity (Wildman–Crippen MR) is 68.7 cm³/mol. The van der Waals surface area contributed by atoms with E-state index in [0.717, 1.165) is 12.8 Å². The lowest BCUT2D eigenvalue weighted by atomic mass is 10.3. The molecule has 7 heteroatoms. The highest BCUT2D eigenvalue weighted by Gasteiger charge is 2.36. The van der Waals surface area contributed by atoms with Crippen LogP contribution in [-0.4, -0.2) is 43.1 Å². The molecule has 16 heavy (non-hydrogen) atoms. The van der Waals surface area contributed by atoms with Gasteiger partial charge in [0.05, 0.1) is 29.5 Å². The maximum Gasteiger partial charge on any atom is 0.256 e. The van der Waals surface area contributed by atoms with Crippen molar-refractivity contribution in [2.75, 3.05) is 18.1 Å². The Morgan fingerprint density at radius 2 is 2.25 bits per heavy atom. The molecule has 0 spiro atoms. The van der Waals surface area contributed by atoms with Gasteiger partial charge in [-0.3, -0.25) is 0 Å². The van der Waals surface area contributed by atoms with Crippen molar-refractivity contribution in [3.8, 4) is 0 Å². The Bertz CT molecular complexity index is 345. The third-order valence-corrected chi connectivity index (χ3v) is 4.93. The van der Waals surface area contributed by atoms with Crippen molar-refractivity contribution in [3.63, 3.8) is 0 Å². The van der Waals surface area contributed by atoms with E-state index in [1.54, 1.807) is 0 Å². The maximum atomic E-state index is 11.3. The summed E-state index contributed by atoms with van der Waals surface area (Å²) in [5.41, 5.74) is 0. The van der Waals surface area contributed by atoms with Crippen LogP contribution in [0.25, 0.3) is 0 Å². The molecule has 4 nitrogen and oxygen atoms in total. The van der Waals surface area contributed by atoms with Crippen LogP contribution in [-0.2, 0) is 14.6 Å². The fourth-order valence-corrected chi connectivity index (χ4v) is 4.22. The number of ether oxygens (including phenoxy) is 1. The van der Waals surface area contributed by atoms with Crippen LogP contribution in [0.3, 0.4) is 0 Å². The first kappa shape index (κ1) is 14.0. The molecular weight excluding hydrogens is 270 g/mol. The fourth-order valence-electron chi connectivity index (χ4n) is 1.44. The second kappa shape index (κ2) is 6.02. The first-order chi connectivity index (χ1) is 7.44. The number of halogens is 1. The van der Waals surface area contributed by atoms with Crippen LogP contribution in [0.4, 0.5) is 0 Å². The molecule has 0 aromatic carbocycles. The van der Waals surface area contributed by atoms with Crippen LogP contribution in [0.2, 0.25) is 0 Å². The predicted octanol–water partition coefficient (Wildman–Crippen LogP) is 1.08. The second-order valence-electron chi connectivity index (χ2n) is 3.83. The summed E-state index contributed by atoms with van der Waals surface area (Å²) in [7, 11) is -3.03. The van der Waals surface area contributed by atoms with Crippen molar-refractivity contribution in [1.82, 2.24) is 5.32 Å². The van der Waals surface area contributed by atoms with E-state index in [0.29, 0.717) is 6.61 Å². The van der Waals surface area contributed by atoms with Crippen LogP contribution in [0, 0.1) is 0 Å². The van der Waals surface area contributed by atoms with E-state index in [1.807, 2.05) is 0 Å². The van der Waals surface area contributed by atoms with Gasteiger partial charge in [-0.25, -0.2) is 8.42 Å². The molecule has 0 aromatic heterocycles. The lowest BCUT2D eigenvalue weighted by Crippen LogP contribution is -2.40. The monoisotopic (exact) mass is 285 g/mol. The Morgan fingerprint density at radius 1 is 1.56 bits per heavy atom. The summed E-state index contributed by atoms with van der Waals surface area (Å²) in [4.78, 5) is 0. The van der Waals surface area contributed by atoms with Gasteiger partial charge in [-0.2, -0.15) is 0 Å². The SMILES string of the molecule is CCCCOC(=S)N[C@H]1CS(=O)(=O)C[C@@H]1Cl. The molecule has 0 radical (unpaired) electrons. The highest BCUT2D eigenvalue weighted by atomic mass is 35.5. The maximum absolute atomic E-state index is 11.3. The normalized spacial score (nSPS) is 27.6. The molecule has 1 N–H and O–H groups in total. The lowest BCUT2D eigenvalue weighted by molar-refractivity contribution is 0.287. The zero-order chi connectivity index (χ0) is 12.2. The van der Waals surface area contributed by atoms with Crippen LogP contribution in [0.5, 0.6) is 0 Å². The average molecular weight is 286 g/mol.